The number of nitrogens with one attached hydrogen (secondary N) is 1. The van der Waals surface area contributed by atoms with Crippen molar-refractivity contribution in [1.82, 2.24) is 15.1 Å². The Morgan fingerprint density at radius 2 is 1.92 bits per heavy atom. The molecule has 2 aliphatic rings. The maximum absolute atomic E-state index is 14.3. The van der Waals surface area contributed by atoms with Crippen molar-refractivity contribution in [3.63, 3.8) is 0 Å². The van der Waals surface area contributed by atoms with Gasteiger partial charge in [0, 0.05) is 17.0 Å². The number of carbonyl (C=O) groups is 2. The number of fused-ring (bicyclic) bond motifs is 1. The molecule has 1 aliphatic carbocycles. The molecule has 2 amide bonds. The standard InChI is InChI=1S/C28H31FN4O2S/c1-17-7-5-8-18(13-17)25-24-26(28(2,3)4)31-33(21-10-6-9-19(29)14-21)27(24)32(23(35)16-36-25)15-22(34)30-20-11-12-20/h5-10,13-14,20,25H,11-12,15-16H2,1-4H3,(H,30,34). The number of hydrogen-bond donors (Lipinski definition) is 1. The predicted molar refractivity (Wildman–Crippen MR) is 141 cm³/mol. The average Bonchev–Trinajstić information content (AvgIpc) is 3.55. The van der Waals surface area contributed by atoms with E-state index in [1.165, 1.54) is 12.1 Å². The summed E-state index contributed by atoms with van der Waals surface area (Å²) in [5.74, 6) is 0.00610. The van der Waals surface area contributed by atoms with Crippen LogP contribution in [0.5, 0.6) is 0 Å². The smallest absolute Gasteiger partial charge is 0.240 e. The average molecular weight is 507 g/mol. The lowest BCUT2D eigenvalue weighted by atomic mass is 9.87. The van der Waals surface area contributed by atoms with Gasteiger partial charge in [-0.2, -0.15) is 5.10 Å². The maximum Gasteiger partial charge on any atom is 0.240 e. The molecule has 1 aromatic heterocycles. The van der Waals surface area contributed by atoms with Crippen molar-refractivity contribution < 1.29 is 14.0 Å². The van der Waals surface area contributed by atoms with E-state index in [9.17, 15) is 14.0 Å². The minimum atomic E-state index is -0.392. The highest BCUT2D eigenvalue weighted by molar-refractivity contribution is 8.00. The minimum Gasteiger partial charge on any atom is -0.352 e. The second kappa shape index (κ2) is 9.39. The summed E-state index contributed by atoms with van der Waals surface area (Å²) >= 11 is 1.55. The molecule has 6 nitrogen and oxygen atoms in total. The molecule has 2 aromatic carbocycles. The Labute approximate surface area is 215 Å². The van der Waals surface area contributed by atoms with E-state index in [-0.39, 0.29) is 40.8 Å². The Balaban J connectivity index is 1.75. The quantitative estimate of drug-likeness (QED) is 0.525. The number of aromatic nitrogens is 2. The van der Waals surface area contributed by atoms with Gasteiger partial charge < -0.3 is 5.32 Å². The van der Waals surface area contributed by atoms with E-state index in [1.54, 1.807) is 33.5 Å². The van der Waals surface area contributed by atoms with Crippen molar-refractivity contribution in [3.05, 3.63) is 76.7 Å². The van der Waals surface area contributed by atoms with E-state index in [1.807, 2.05) is 19.1 Å². The number of thioether (sulfide) groups is 1. The zero-order valence-electron chi connectivity index (χ0n) is 21.0. The third kappa shape index (κ3) is 4.91. The van der Waals surface area contributed by atoms with Crippen molar-refractivity contribution in [2.24, 2.45) is 0 Å². The number of aryl methyl sites for hydroxylation is 1. The fraction of sp³-hybridized carbons (Fsp3) is 0.393. The highest BCUT2D eigenvalue weighted by Crippen LogP contribution is 2.48. The van der Waals surface area contributed by atoms with Gasteiger partial charge in [-0.15, -0.1) is 11.8 Å². The lowest BCUT2D eigenvalue weighted by Gasteiger charge is -2.24. The number of nitrogens with zero attached hydrogens (tertiary/aromatic N) is 3. The van der Waals surface area contributed by atoms with Crippen molar-refractivity contribution in [1.29, 1.82) is 0 Å². The van der Waals surface area contributed by atoms with Gasteiger partial charge in [0.25, 0.3) is 0 Å². The Hall–Kier alpha value is -3.13. The predicted octanol–water partition coefficient (Wildman–Crippen LogP) is 5.07. The first kappa shape index (κ1) is 24.6. The summed E-state index contributed by atoms with van der Waals surface area (Å²) in [6, 6.07) is 14.7. The Bertz CT molecular complexity index is 1330. The molecule has 0 saturated heterocycles. The van der Waals surface area contributed by atoms with Crippen LogP contribution in [0, 0.1) is 12.7 Å². The van der Waals surface area contributed by atoms with Gasteiger partial charge in [-0.1, -0.05) is 56.7 Å². The SMILES string of the molecule is Cc1cccc(C2SCC(=O)N(CC(=O)NC3CC3)c3c2c(C(C)(C)C)nn3-c2cccc(F)c2)c1. The largest absolute Gasteiger partial charge is 0.352 e. The molecule has 0 bridgehead atoms. The van der Waals surface area contributed by atoms with Crippen molar-refractivity contribution in [2.75, 3.05) is 17.2 Å². The fourth-order valence-electron chi connectivity index (χ4n) is 4.60. The van der Waals surface area contributed by atoms with Gasteiger partial charge in [0.1, 0.15) is 18.2 Å². The number of rotatable bonds is 5. The van der Waals surface area contributed by atoms with Crippen molar-refractivity contribution in [3.8, 4) is 5.69 Å². The van der Waals surface area contributed by atoms with Crippen LogP contribution in [-0.2, 0) is 15.0 Å². The summed E-state index contributed by atoms with van der Waals surface area (Å²) in [6.45, 7) is 8.20. The number of amides is 2. The topological polar surface area (TPSA) is 67.2 Å². The number of hydrogen-bond acceptors (Lipinski definition) is 4. The molecule has 3 aromatic rings. The van der Waals surface area contributed by atoms with Crippen LogP contribution in [0.4, 0.5) is 10.2 Å². The molecule has 1 aliphatic heterocycles. The summed E-state index contributed by atoms with van der Waals surface area (Å²) in [5.41, 5.74) is 4.07. The molecule has 0 spiro atoms. The molecule has 5 rings (SSSR count). The van der Waals surface area contributed by atoms with Gasteiger partial charge in [-0.25, -0.2) is 9.07 Å². The van der Waals surface area contributed by atoms with Crippen molar-refractivity contribution >= 4 is 29.4 Å². The highest BCUT2D eigenvalue weighted by atomic mass is 32.2. The first-order chi connectivity index (χ1) is 17.1. The zero-order valence-corrected chi connectivity index (χ0v) is 21.9. The van der Waals surface area contributed by atoms with Crippen LogP contribution in [0.15, 0.2) is 48.5 Å². The Morgan fingerprint density at radius 3 is 2.58 bits per heavy atom. The van der Waals surface area contributed by atoms with Gasteiger partial charge in [0.15, 0.2) is 0 Å². The minimum absolute atomic E-state index is 0.103. The second-order valence-corrected chi connectivity index (χ2v) is 11.7. The van der Waals surface area contributed by atoms with E-state index < -0.39 is 5.82 Å². The van der Waals surface area contributed by atoms with Crippen LogP contribution in [-0.4, -0.2) is 39.9 Å². The third-order valence-electron chi connectivity index (χ3n) is 6.44. The molecule has 1 N–H and O–H groups in total. The van der Waals surface area contributed by atoms with Crippen LogP contribution < -0.4 is 10.2 Å². The maximum atomic E-state index is 14.3. The molecule has 1 unspecified atom stereocenters. The first-order valence-electron chi connectivity index (χ1n) is 12.3. The van der Waals surface area contributed by atoms with E-state index in [4.69, 9.17) is 5.10 Å². The van der Waals surface area contributed by atoms with E-state index in [0.29, 0.717) is 11.5 Å². The summed E-state index contributed by atoms with van der Waals surface area (Å²) in [5, 5.41) is 7.82. The zero-order chi connectivity index (χ0) is 25.6. The fourth-order valence-corrected chi connectivity index (χ4v) is 5.79. The van der Waals surface area contributed by atoms with Crippen LogP contribution in [0.3, 0.4) is 0 Å². The molecule has 188 valence electrons. The highest BCUT2D eigenvalue weighted by Gasteiger charge is 2.40. The van der Waals surface area contributed by atoms with Gasteiger partial charge >= 0.3 is 0 Å². The van der Waals surface area contributed by atoms with Gasteiger partial charge in [-0.05, 0) is 43.5 Å². The van der Waals surface area contributed by atoms with E-state index in [0.717, 1.165) is 35.2 Å². The van der Waals surface area contributed by atoms with Crippen LogP contribution in [0.25, 0.3) is 5.69 Å². The van der Waals surface area contributed by atoms with Crippen LogP contribution in [0.2, 0.25) is 0 Å². The number of anilines is 1. The summed E-state index contributed by atoms with van der Waals surface area (Å²) in [7, 11) is 0. The van der Waals surface area contributed by atoms with Crippen molar-refractivity contribution in [2.45, 2.75) is 57.2 Å². The first-order valence-corrected chi connectivity index (χ1v) is 13.3. The van der Waals surface area contributed by atoms with E-state index >= 15 is 0 Å². The molecule has 0 radical (unpaired) electrons. The molecular formula is C28H31FN4O2S. The molecule has 1 fully saturated rings. The lowest BCUT2D eigenvalue weighted by molar-refractivity contribution is -0.123. The molecular weight excluding hydrogens is 475 g/mol. The van der Waals surface area contributed by atoms with Crippen LogP contribution in [0.1, 0.15) is 61.2 Å². The molecule has 1 atom stereocenters. The molecule has 36 heavy (non-hydrogen) atoms. The van der Waals surface area contributed by atoms with Crippen LogP contribution >= 0.6 is 11.8 Å². The van der Waals surface area contributed by atoms with Gasteiger partial charge in [0.05, 0.1) is 22.4 Å². The Morgan fingerprint density at radius 1 is 1.17 bits per heavy atom. The number of halogens is 1. The normalized spacial score (nSPS) is 18.1. The summed E-state index contributed by atoms with van der Waals surface area (Å²) < 4.78 is 16.0. The van der Waals surface area contributed by atoms with Gasteiger partial charge in [0.2, 0.25) is 11.8 Å². The number of carbonyl (C=O) groups excluding carboxylic acids is 2. The summed E-state index contributed by atoms with van der Waals surface area (Å²) in [6.07, 6.45) is 1.93. The second-order valence-electron chi connectivity index (χ2n) is 10.7. The third-order valence-corrected chi connectivity index (χ3v) is 7.70. The molecule has 1 saturated carbocycles. The van der Waals surface area contributed by atoms with E-state index in [2.05, 4.69) is 38.2 Å². The van der Waals surface area contributed by atoms with Gasteiger partial charge in [-0.3, -0.25) is 14.5 Å². The monoisotopic (exact) mass is 506 g/mol. The molecule has 2 heterocycles. The number of benzene rings is 2. The lowest BCUT2D eigenvalue weighted by Crippen LogP contribution is -2.43. The molecule has 8 heteroatoms. The summed E-state index contributed by atoms with van der Waals surface area (Å²) in [4.78, 5) is 28.1. The Kier molecular flexibility index (Phi) is 6.41.